The number of phosphoric ester groups is 1. The van der Waals surface area contributed by atoms with Gasteiger partial charge in [-0.25, -0.2) is 19.5 Å². The number of anilines is 1. The second kappa shape index (κ2) is 12.7. The lowest BCUT2D eigenvalue weighted by Gasteiger charge is -2.23. The fourth-order valence-corrected chi connectivity index (χ4v) is 5.81. The molecule has 1 aliphatic rings. The minimum atomic E-state index is -4.33. The van der Waals surface area contributed by atoms with Gasteiger partial charge >= 0.3 is 7.82 Å². The van der Waals surface area contributed by atoms with Crippen molar-refractivity contribution in [3.05, 3.63) is 77.8 Å². The Bertz CT molecular complexity index is 1610. The van der Waals surface area contributed by atoms with Crippen molar-refractivity contribution in [3.63, 3.8) is 0 Å². The summed E-state index contributed by atoms with van der Waals surface area (Å²) in [5.41, 5.74) is 1.12. The number of carbonyl (C=O) groups is 1. The van der Waals surface area contributed by atoms with Gasteiger partial charge in [0.15, 0.2) is 17.0 Å². The Balaban J connectivity index is 1.36. The van der Waals surface area contributed by atoms with E-state index in [9.17, 15) is 14.5 Å². The average molecular weight is 599 g/mol. The summed E-state index contributed by atoms with van der Waals surface area (Å²) in [5.74, 6) is -0.0970. The van der Waals surface area contributed by atoms with Gasteiger partial charge in [0.2, 0.25) is 0 Å². The number of aromatic nitrogens is 4. The van der Waals surface area contributed by atoms with E-state index in [4.69, 9.17) is 35.2 Å². The van der Waals surface area contributed by atoms with Crippen LogP contribution in [0.5, 0.6) is 5.75 Å². The maximum Gasteiger partial charge on any atom is 0.530 e. The molecule has 1 fully saturated rings. The van der Waals surface area contributed by atoms with E-state index in [0.717, 1.165) is 0 Å². The Morgan fingerprint density at radius 1 is 1.20 bits per heavy atom. The largest absolute Gasteiger partial charge is 0.530 e. The first-order valence-corrected chi connectivity index (χ1v) is 14.3. The Kier molecular flexibility index (Phi) is 8.90. The Morgan fingerprint density at radius 3 is 2.73 bits per heavy atom. The molecule has 0 bridgehead atoms. The molecule has 1 amide bonds. The highest BCUT2D eigenvalue weighted by Crippen LogP contribution is 2.54. The molecule has 2 aromatic heterocycles. The fourth-order valence-electron chi connectivity index (χ4n) is 4.16. The predicted molar refractivity (Wildman–Crippen MR) is 146 cm³/mol. The number of amides is 1. The van der Waals surface area contributed by atoms with Crippen molar-refractivity contribution < 1.29 is 32.8 Å². The van der Waals surface area contributed by atoms with Gasteiger partial charge in [0.25, 0.3) is 5.91 Å². The molecule has 0 spiro atoms. The summed E-state index contributed by atoms with van der Waals surface area (Å²) in [6.07, 6.45) is 0.170. The van der Waals surface area contributed by atoms with Gasteiger partial charge in [-0.2, -0.15) is 5.26 Å². The topological polar surface area (TPSA) is 171 Å². The smallest absolute Gasteiger partial charge is 0.402 e. The van der Waals surface area contributed by atoms with Crippen molar-refractivity contribution in [2.45, 2.75) is 31.3 Å². The zero-order valence-electron chi connectivity index (χ0n) is 21.4. The second-order valence-corrected chi connectivity index (χ2v) is 10.7. The van der Waals surface area contributed by atoms with Crippen molar-refractivity contribution in [1.29, 1.82) is 5.26 Å². The molecule has 4 aromatic rings. The molecule has 1 aliphatic heterocycles. The highest BCUT2D eigenvalue weighted by Gasteiger charge is 2.44. The number of rotatable bonds is 11. The lowest BCUT2D eigenvalue weighted by molar-refractivity contribution is -0.0433. The van der Waals surface area contributed by atoms with Crippen LogP contribution >= 0.6 is 19.4 Å². The summed E-state index contributed by atoms with van der Waals surface area (Å²) >= 11 is 6.17. The van der Waals surface area contributed by atoms with E-state index in [1.165, 1.54) is 18.7 Å². The van der Waals surface area contributed by atoms with Crippen LogP contribution in [0.1, 0.15) is 29.4 Å². The molecule has 1 unspecified atom stereocenters. The predicted octanol–water partition coefficient (Wildman–Crippen LogP) is 4.51. The van der Waals surface area contributed by atoms with Crippen LogP contribution in [0.15, 0.2) is 67.3 Å². The molecule has 3 heterocycles. The SMILES string of the molecule is N#CCCOP(=O)(Oc1ccccc1Cl)O[C@H]1C[C@H](n2cnc3c(NC(=O)c4ccccc4)ncnc32)O[C@@H]1CO. The number of hydrogen-bond acceptors (Lipinski definition) is 11. The number of aliphatic hydroxyl groups excluding tert-OH is 1. The lowest BCUT2D eigenvalue weighted by Crippen LogP contribution is -2.28. The Morgan fingerprint density at radius 2 is 1.98 bits per heavy atom. The van der Waals surface area contributed by atoms with E-state index >= 15 is 0 Å². The Labute approximate surface area is 239 Å². The van der Waals surface area contributed by atoms with Crippen molar-refractivity contribution in [2.24, 2.45) is 0 Å². The normalized spacial score (nSPS) is 19.9. The van der Waals surface area contributed by atoms with E-state index in [-0.39, 0.29) is 41.9 Å². The van der Waals surface area contributed by atoms with Crippen molar-refractivity contribution >= 4 is 42.3 Å². The maximum absolute atomic E-state index is 13.6. The summed E-state index contributed by atoms with van der Waals surface area (Å²) in [7, 11) is -4.33. The molecule has 13 nitrogen and oxygen atoms in total. The number of benzene rings is 2. The van der Waals surface area contributed by atoms with Crippen LogP contribution in [0, 0.1) is 11.3 Å². The molecule has 2 aromatic carbocycles. The number of para-hydroxylation sites is 1. The summed E-state index contributed by atoms with van der Waals surface area (Å²) in [5, 5.41) is 21.8. The molecular weight excluding hydrogens is 575 g/mol. The number of nitrogens with one attached hydrogen (secondary N) is 1. The molecule has 2 N–H and O–H groups in total. The summed E-state index contributed by atoms with van der Waals surface area (Å²) in [4.78, 5) is 25.5. The molecule has 5 rings (SSSR count). The number of halogens is 1. The molecular formula is C26H24ClN6O7P. The zero-order chi connectivity index (χ0) is 28.8. The molecule has 0 saturated carbocycles. The third kappa shape index (κ3) is 6.55. The highest BCUT2D eigenvalue weighted by atomic mass is 35.5. The molecule has 0 aliphatic carbocycles. The summed E-state index contributed by atoms with van der Waals surface area (Å²) < 4.78 is 38.0. The second-order valence-electron chi connectivity index (χ2n) is 8.77. The first-order chi connectivity index (χ1) is 19.9. The van der Waals surface area contributed by atoms with Gasteiger partial charge in [-0.15, -0.1) is 0 Å². The van der Waals surface area contributed by atoms with Gasteiger partial charge in [0.05, 0.1) is 37.1 Å². The molecule has 0 radical (unpaired) electrons. The van der Waals surface area contributed by atoms with Gasteiger partial charge in [0, 0.05) is 12.0 Å². The molecule has 1 saturated heterocycles. The molecule has 15 heteroatoms. The van der Waals surface area contributed by atoms with E-state index < -0.39 is 32.9 Å². The monoisotopic (exact) mass is 598 g/mol. The van der Waals surface area contributed by atoms with Crippen molar-refractivity contribution in [1.82, 2.24) is 19.5 Å². The number of fused-ring (bicyclic) bond motifs is 1. The molecule has 4 atom stereocenters. The van der Waals surface area contributed by atoms with Gasteiger partial charge in [0.1, 0.15) is 30.5 Å². The van der Waals surface area contributed by atoms with E-state index in [2.05, 4.69) is 20.3 Å². The van der Waals surface area contributed by atoms with E-state index in [1.54, 1.807) is 53.1 Å². The number of hydrogen-bond donors (Lipinski definition) is 2. The first-order valence-electron chi connectivity index (χ1n) is 12.4. The Hall–Kier alpha value is -3.89. The third-order valence-corrected chi connectivity index (χ3v) is 7.83. The van der Waals surface area contributed by atoms with Crippen LogP contribution in [0.25, 0.3) is 11.2 Å². The van der Waals surface area contributed by atoms with Crippen molar-refractivity contribution in [2.75, 3.05) is 18.5 Å². The summed E-state index contributed by atoms with van der Waals surface area (Å²) in [6, 6.07) is 16.9. The number of carbonyl (C=O) groups excluding carboxylic acids is 1. The van der Waals surface area contributed by atoms with Gasteiger partial charge < -0.3 is 19.7 Å². The van der Waals surface area contributed by atoms with E-state index in [1.807, 2.05) is 6.07 Å². The summed E-state index contributed by atoms with van der Waals surface area (Å²) in [6.45, 7) is -0.689. The number of nitrogens with zero attached hydrogens (tertiary/aromatic N) is 5. The standard InChI is InChI=1S/C26H24ClN6O7P/c27-18-9-4-5-10-19(18)39-41(36,37-12-6-11-28)40-20-13-22(38-21(20)14-34)33-16-31-23-24(29-15-30-25(23)33)32-26(35)17-7-2-1-3-8-17/h1-5,7-10,15-16,20-22,34H,6,12-14H2,(H,29,30,32,35)/t20-,21+,22+,41?/m0/s1. The van der Waals surface area contributed by atoms with Crippen LogP contribution in [0.2, 0.25) is 5.02 Å². The van der Waals surface area contributed by atoms with Crippen LogP contribution in [0.4, 0.5) is 5.82 Å². The molecule has 212 valence electrons. The number of ether oxygens (including phenoxy) is 1. The van der Waals surface area contributed by atoms with Crippen LogP contribution < -0.4 is 9.84 Å². The lowest BCUT2D eigenvalue weighted by atomic mass is 10.2. The maximum atomic E-state index is 13.6. The average Bonchev–Trinajstić information content (AvgIpc) is 3.59. The molecule has 41 heavy (non-hydrogen) atoms. The van der Waals surface area contributed by atoms with Gasteiger partial charge in [-0.05, 0) is 24.3 Å². The van der Waals surface area contributed by atoms with Gasteiger partial charge in [-0.3, -0.25) is 18.4 Å². The minimum absolute atomic E-state index is 0.0592. The number of nitriles is 1. The van der Waals surface area contributed by atoms with Crippen LogP contribution in [0.3, 0.4) is 0 Å². The van der Waals surface area contributed by atoms with Crippen LogP contribution in [-0.4, -0.2) is 56.0 Å². The van der Waals surface area contributed by atoms with E-state index in [0.29, 0.717) is 16.7 Å². The highest BCUT2D eigenvalue weighted by molar-refractivity contribution is 7.49. The quantitative estimate of drug-likeness (QED) is 0.184. The third-order valence-electron chi connectivity index (χ3n) is 6.07. The van der Waals surface area contributed by atoms with Crippen LogP contribution in [-0.2, 0) is 18.3 Å². The fraction of sp³-hybridized carbons (Fsp3) is 0.269. The van der Waals surface area contributed by atoms with Crippen molar-refractivity contribution in [3.8, 4) is 11.8 Å². The number of aliphatic hydroxyl groups is 1. The number of phosphoric acid groups is 1. The minimum Gasteiger partial charge on any atom is -0.402 e. The first kappa shape index (κ1) is 28.6. The zero-order valence-corrected chi connectivity index (χ0v) is 23.0. The van der Waals surface area contributed by atoms with Gasteiger partial charge in [-0.1, -0.05) is 41.9 Å². The number of imidazole rings is 1.